The number of aromatic nitrogens is 1. The molecule has 6 nitrogen and oxygen atoms in total. The van der Waals surface area contributed by atoms with Gasteiger partial charge in [-0.25, -0.2) is 13.8 Å². The van der Waals surface area contributed by atoms with Crippen LogP contribution in [-0.4, -0.2) is 53.9 Å². The average molecular weight is 487 g/mol. The second-order valence-corrected chi connectivity index (χ2v) is 8.68. The highest BCUT2D eigenvalue weighted by Gasteiger charge is 2.22. The van der Waals surface area contributed by atoms with E-state index in [9.17, 15) is 13.6 Å². The molecule has 1 amide bonds. The highest BCUT2D eigenvalue weighted by atomic mass is 35.5. The van der Waals surface area contributed by atoms with Gasteiger partial charge in [0.2, 0.25) is 0 Å². The smallest absolute Gasteiger partial charge is 0.253 e. The van der Waals surface area contributed by atoms with Crippen LogP contribution in [0.4, 0.5) is 14.6 Å². The number of pyridine rings is 1. The van der Waals surface area contributed by atoms with Crippen molar-refractivity contribution in [3.63, 3.8) is 0 Å². The number of nitrogen functional groups attached to an aromatic ring is 1. The molecule has 4 rings (SSSR count). The first kappa shape index (κ1) is 23.9. The summed E-state index contributed by atoms with van der Waals surface area (Å²) in [6.07, 6.45) is 0.672. The largest absolute Gasteiger partial charge is 0.482 e. The molecule has 1 aliphatic rings. The lowest BCUT2D eigenvalue weighted by Crippen LogP contribution is -2.47. The number of nitrogens with two attached hydrogens (primary N) is 1. The van der Waals surface area contributed by atoms with E-state index in [0.717, 1.165) is 30.8 Å². The number of hydrogen-bond donors (Lipinski definition) is 1. The molecule has 2 aromatic carbocycles. The predicted octanol–water partition coefficient (Wildman–Crippen LogP) is 4.79. The normalized spacial score (nSPS) is 15.3. The van der Waals surface area contributed by atoms with Crippen molar-refractivity contribution in [2.75, 3.05) is 39.0 Å². The zero-order valence-electron chi connectivity index (χ0n) is 18.9. The van der Waals surface area contributed by atoms with Crippen LogP contribution in [0.25, 0.3) is 11.1 Å². The molecule has 0 bridgehead atoms. The maximum Gasteiger partial charge on any atom is 0.253 e. The van der Waals surface area contributed by atoms with E-state index in [0.29, 0.717) is 24.2 Å². The van der Waals surface area contributed by atoms with Crippen LogP contribution in [0.15, 0.2) is 48.7 Å². The molecular formula is C25H25ClF2N4O2. The van der Waals surface area contributed by atoms with Gasteiger partial charge in [0.25, 0.3) is 5.91 Å². The van der Waals surface area contributed by atoms with Crippen molar-refractivity contribution in [3.8, 4) is 16.9 Å². The number of likely N-dealkylation sites (N-methyl/N-ethyl adjacent to an activating group) is 1. The minimum absolute atomic E-state index is 0.00178. The minimum Gasteiger partial charge on any atom is -0.482 e. The third-order valence-electron chi connectivity index (χ3n) is 5.93. The van der Waals surface area contributed by atoms with Gasteiger partial charge in [0.05, 0.1) is 5.02 Å². The van der Waals surface area contributed by atoms with Crippen molar-refractivity contribution >= 4 is 23.3 Å². The van der Waals surface area contributed by atoms with Crippen LogP contribution in [0.1, 0.15) is 28.9 Å². The van der Waals surface area contributed by atoms with Gasteiger partial charge in [-0.3, -0.25) is 4.79 Å². The lowest BCUT2D eigenvalue weighted by molar-refractivity contribution is 0.0664. The van der Waals surface area contributed by atoms with Gasteiger partial charge in [0, 0.05) is 49.1 Å². The van der Waals surface area contributed by atoms with E-state index in [4.69, 9.17) is 22.1 Å². The van der Waals surface area contributed by atoms with E-state index in [1.165, 1.54) is 0 Å². The molecule has 178 valence electrons. The molecule has 9 heteroatoms. The van der Waals surface area contributed by atoms with Gasteiger partial charge in [-0.2, -0.15) is 0 Å². The van der Waals surface area contributed by atoms with E-state index in [2.05, 4.69) is 9.88 Å². The van der Waals surface area contributed by atoms with E-state index >= 15 is 0 Å². The molecule has 1 fully saturated rings. The Kier molecular flexibility index (Phi) is 7.00. The number of anilines is 1. The van der Waals surface area contributed by atoms with E-state index < -0.39 is 17.7 Å². The Morgan fingerprint density at radius 2 is 1.71 bits per heavy atom. The maximum atomic E-state index is 14.3. The fraction of sp³-hybridized carbons (Fsp3) is 0.280. The van der Waals surface area contributed by atoms with Crippen molar-refractivity contribution in [3.05, 3.63) is 76.4 Å². The van der Waals surface area contributed by atoms with Crippen molar-refractivity contribution in [1.82, 2.24) is 14.8 Å². The number of carbonyl (C=O) groups is 1. The maximum absolute atomic E-state index is 14.3. The van der Waals surface area contributed by atoms with Gasteiger partial charge >= 0.3 is 0 Å². The first-order valence-corrected chi connectivity index (χ1v) is 11.3. The first-order valence-electron chi connectivity index (χ1n) is 10.9. The molecular weight excluding hydrogens is 462 g/mol. The quantitative estimate of drug-likeness (QED) is 0.525. The Labute approximate surface area is 201 Å². The molecule has 34 heavy (non-hydrogen) atoms. The summed E-state index contributed by atoms with van der Waals surface area (Å²) >= 11 is 5.95. The van der Waals surface area contributed by atoms with Gasteiger partial charge in [0.15, 0.2) is 11.6 Å². The number of hydrogen-bond acceptors (Lipinski definition) is 5. The second-order valence-electron chi connectivity index (χ2n) is 8.30. The van der Waals surface area contributed by atoms with Gasteiger partial charge in [0.1, 0.15) is 17.7 Å². The highest BCUT2D eigenvalue weighted by molar-refractivity contribution is 6.31. The zero-order chi connectivity index (χ0) is 24.4. The summed E-state index contributed by atoms with van der Waals surface area (Å²) in [4.78, 5) is 21.0. The summed E-state index contributed by atoms with van der Waals surface area (Å²) in [5, 5.41) is -0.337. The van der Waals surface area contributed by atoms with Gasteiger partial charge in [-0.05, 0) is 49.9 Å². The lowest BCUT2D eigenvalue weighted by atomic mass is 10.0. The average Bonchev–Trinajstić information content (AvgIpc) is 2.83. The van der Waals surface area contributed by atoms with Crippen molar-refractivity contribution < 1.29 is 18.3 Å². The molecule has 1 saturated heterocycles. The summed E-state index contributed by atoms with van der Waals surface area (Å²) in [7, 11) is 2.04. The Balaban J connectivity index is 1.53. The Morgan fingerprint density at radius 3 is 2.38 bits per heavy atom. The number of benzene rings is 2. The third kappa shape index (κ3) is 4.98. The van der Waals surface area contributed by atoms with Crippen molar-refractivity contribution in [1.29, 1.82) is 0 Å². The van der Waals surface area contributed by atoms with Gasteiger partial charge < -0.3 is 20.3 Å². The van der Waals surface area contributed by atoms with Crippen LogP contribution < -0.4 is 10.5 Å². The fourth-order valence-corrected chi connectivity index (χ4v) is 4.18. The number of rotatable bonds is 5. The van der Waals surface area contributed by atoms with Crippen molar-refractivity contribution in [2.24, 2.45) is 0 Å². The number of nitrogens with zero attached hydrogens (tertiary/aromatic N) is 3. The molecule has 0 saturated carbocycles. The van der Waals surface area contributed by atoms with Crippen LogP contribution in [-0.2, 0) is 0 Å². The number of amides is 1. The molecule has 1 atom stereocenters. The Morgan fingerprint density at radius 1 is 1.06 bits per heavy atom. The van der Waals surface area contributed by atoms with Crippen LogP contribution >= 0.6 is 11.6 Å². The summed E-state index contributed by atoms with van der Waals surface area (Å²) in [5.74, 6) is -1.10. The number of ether oxygens (including phenoxy) is 1. The molecule has 0 radical (unpaired) electrons. The van der Waals surface area contributed by atoms with E-state index in [-0.39, 0.29) is 28.1 Å². The lowest BCUT2D eigenvalue weighted by Gasteiger charge is -2.32. The van der Waals surface area contributed by atoms with Gasteiger partial charge in [-0.1, -0.05) is 23.7 Å². The molecule has 1 unspecified atom stereocenters. The molecule has 2 N–H and O–H groups in total. The van der Waals surface area contributed by atoms with Crippen LogP contribution in [0.3, 0.4) is 0 Å². The zero-order valence-corrected chi connectivity index (χ0v) is 19.6. The van der Waals surface area contributed by atoms with Crippen LogP contribution in [0.2, 0.25) is 5.02 Å². The Bertz CT molecular complexity index is 1200. The van der Waals surface area contributed by atoms with Crippen LogP contribution in [0.5, 0.6) is 5.75 Å². The summed E-state index contributed by atoms with van der Waals surface area (Å²) < 4.78 is 33.9. The Hall–Kier alpha value is -3.23. The third-order valence-corrected chi connectivity index (χ3v) is 6.31. The second kappa shape index (κ2) is 9.95. The molecule has 2 heterocycles. The monoisotopic (exact) mass is 486 g/mol. The molecule has 0 spiro atoms. The SMILES string of the molecule is CC(Oc1cc(-c2ccc(C(=O)N3CCN(C)CC3)cc2)cnc1N)c1c(F)ccc(F)c1Cl. The standard InChI is InChI=1S/C25H25ClF2N4O2/c1-15(22-19(27)7-8-20(28)23(22)26)34-21-13-18(14-30-24(21)29)16-3-5-17(6-4-16)25(33)32-11-9-31(2)10-12-32/h3-8,13-15H,9-12H2,1-2H3,(H2,29,30). The van der Waals surface area contributed by atoms with Gasteiger partial charge in [-0.15, -0.1) is 0 Å². The minimum atomic E-state index is -0.911. The number of carbonyl (C=O) groups excluding carboxylic acids is 1. The highest BCUT2D eigenvalue weighted by Crippen LogP contribution is 2.34. The van der Waals surface area contributed by atoms with E-state index in [1.807, 2.05) is 24.1 Å². The molecule has 1 aliphatic heterocycles. The van der Waals surface area contributed by atoms with Crippen molar-refractivity contribution in [2.45, 2.75) is 13.0 Å². The predicted molar refractivity (Wildman–Crippen MR) is 128 cm³/mol. The molecule has 1 aromatic heterocycles. The number of halogens is 3. The fourth-order valence-electron chi connectivity index (χ4n) is 3.87. The number of piperazine rings is 1. The molecule has 3 aromatic rings. The first-order chi connectivity index (χ1) is 16.2. The topological polar surface area (TPSA) is 71.7 Å². The summed E-state index contributed by atoms with van der Waals surface area (Å²) in [5.41, 5.74) is 7.97. The summed E-state index contributed by atoms with van der Waals surface area (Å²) in [6, 6.07) is 10.8. The molecule has 0 aliphatic carbocycles. The van der Waals surface area contributed by atoms with Crippen LogP contribution in [0, 0.1) is 11.6 Å². The summed E-state index contributed by atoms with van der Waals surface area (Å²) in [6.45, 7) is 4.66. The van der Waals surface area contributed by atoms with E-state index in [1.54, 1.807) is 31.3 Å².